The van der Waals surface area contributed by atoms with Gasteiger partial charge in [0, 0.05) is 33.0 Å². The normalized spacial score (nSPS) is 29.1. The van der Waals surface area contributed by atoms with E-state index in [0.29, 0.717) is 25.7 Å². The van der Waals surface area contributed by atoms with Gasteiger partial charge in [-0.3, -0.25) is 0 Å². The Hall–Kier alpha value is -0.960. The Bertz CT molecular complexity index is 643. The molecule has 0 unspecified atom stereocenters. The average molecular weight is 343 g/mol. The van der Waals surface area contributed by atoms with Crippen LogP contribution in [0.5, 0.6) is 0 Å². The van der Waals surface area contributed by atoms with Gasteiger partial charge in [0.1, 0.15) is 6.10 Å². The predicted octanol–water partition coefficient (Wildman–Crippen LogP) is 1.01. The fourth-order valence-electron chi connectivity index (χ4n) is 3.25. The van der Waals surface area contributed by atoms with Gasteiger partial charge in [-0.05, 0) is 18.8 Å². The lowest BCUT2D eigenvalue weighted by atomic mass is 10.0. The average Bonchev–Trinajstić information content (AvgIpc) is 3.10. The second-order valence-electron chi connectivity index (χ2n) is 6.76. The third-order valence-corrected chi connectivity index (χ3v) is 6.10. The van der Waals surface area contributed by atoms with Crippen LogP contribution in [-0.4, -0.2) is 60.3 Å². The minimum Gasteiger partial charge on any atom is -0.374 e. The number of nitrogens with zero attached hydrogens (tertiary/aromatic N) is 3. The van der Waals surface area contributed by atoms with Gasteiger partial charge < -0.3 is 14.0 Å². The molecular weight excluding hydrogens is 318 g/mol. The third kappa shape index (κ3) is 3.31. The third-order valence-electron chi connectivity index (χ3n) is 4.33. The summed E-state index contributed by atoms with van der Waals surface area (Å²) in [6, 6.07) is -0.159. The standard InChI is InChI=1S/C15H25N3O4S/c1-11(2)9-22-13-7-18(12-5-4-6-21-15(12)13)23(19,20)14-8-17(3)10-16-14/h8,10-13,15H,4-7,9H2,1-3H3/t12-,13+,15+/m0/s1. The SMILES string of the molecule is CC(C)CO[C@@H]1CN(S(=O)(=O)c2cn(C)cn2)[C@H]2CCCO[C@@H]12. The first-order chi connectivity index (χ1) is 10.9. The molecule has 0 N–H and O–H groups in total. The molecule has 0 radical (unpaired) electrons. The molecule has 0 bridgehead atoms. The van der Waals surface area contributed by atoms with Crippen molar-refractivity contribution >= 4 is 10.0 Å². The lowest BCUT2D eigenvalue weighted by Crippen LogP contribution is -2.44. The Kier molecular flexibility index (Phi) is 4.78. The quantitative estimate of drug-likeness (QED) is 0.798. The van der Waals surface area contributed by atoms with Gasteiger partial charge in [-0.2, -0.15) is 4.31 Å². The number of hydrogen-bond donors (Lipinski definition) is 0. The minimum absolute atomic E-state index is 0.0915. The van der Waals surface area contributed by atoms with Crippen LogP contribution in [0.2, 0.25) is 0 Å². The molecule has 0 saturated carbocycles. The highest BCUT2D eigenvalue weighted by molar-refractivity contribution is 7.89. The molecule has 3 atom stereocenters. The molecule has 2 aliphatic rings. The largest absolute Gasteiger partial charge is 0.374 e. The summed E-state index contributed by atoms with van der Waals surface area (Å²) in [5, 5.41) is 0.0915. The summed E-state index contributed by atoms with van der Waals surface area (Å²) in [7, 11) is -1.86. The summed E-state index contributed by atoms with van der Waals surface area (Å²) in [4.78, 5) is 4.02. The van der Waals surface area contributed by atoms with Crippen LogP contribution in [0.1, 0.15) is 26.7 Å². The number of aryl methyl sites for hydroxylation is 1. The summed E-state index contributed by atoms with van der Waals surface area (Å²) >= 11 is 0. The Morgan fingerprint density at radius 2 is 2.26 bits per heavy atom. The predicted molar refractivity (Wildman–Crippen MR) is 84.4 cm³/mol. The Morgan fingerprint density at radius 1 is 1.48 bits per heavy atom. The van der Waals surface area contributed by atoms with Crippen LogP contribution in [0.3, 0.4) is 0 Å². The van der Waals surface area contributed by atoms with Crippen LogP contribution in [0.15, 0.2) is 17.6 Å². The number of fused-ring (bicyclic) bond motifs is 1. The van der Waals surface area contributed by atoms with Crippen molar-refractivity contribution in [3.8, 4) is 0 Å². The van der Waals surface area contributed by atoms with E-state index in [9.17, 15) is 8.42 Å². The van der Waals surface area contributed by atoms with E-state index in [0.717, 1.165) is 12.8 Å². The van der Waals surface area contributed by atoms with E-state index in [4.69, 9.17) is 9.47 Å². The maximum absolute atomic E-state index is 12.9. The molecule has 0 aromatic carbocycles. The van der Waals surface area contributed by atoms with Crippen molar-refractivity contribution in [1.82, 2.24) is 13.9 Å². The Balaban J connectivity index is 1.83. The van der Waals surface area contributed by atoms with Gasteiger partial charge in [0.2, 0.25) is 0 Å². The number of hydrogen-bond acceptors (Lipinski definition) is 5. The number of ether oxygens (including phenoxy) is 2. The van der Waals surface area contributed by atoms with E-state index in [-0.39, 0.29) is 23.3 Å². The molecule has 1 aromatic heterocycles. The van der Waals surface area contributed by atoms with Crippen molar-refractivity contribution in [2.24, 2.45) is 13.0 Å². The summed E-state index contributed by atoms with van der Waals surface area (Å²) in [6.07, 6.45) is 4.33. The molecule has 2 saturated heterocycles. The van der Waals surface area contributed by atoms with Gasteiger partial charge in [-0.15, -0.1) is 0 Å². The smallest absolute Gasteiger partial charge is 0.262 e. The molecular formula is C15H25N3O4S. The van der Waals surface area contributed by atoms with Gasteiger partial charge in [0.15, 0.2) is 5.03 Å². The Labute approximate surface area is 137 Å². The topological polar surface area (TPSA) is 73.7 Å². The number of rotatable bonds is 5. The van der Waals surface area contributed by atoms with E-state index < -0.39 is 10.0 Å². The zero-order chi connectivity index (χ0) is 16.6. The first-order valence-electron chi connectivity index (χ1n) is 8.12. The van der Waals surface area contributed by atoms with E-state index >= 15 is 0 Å². The molecule has 3 heterocycles. The van der Waals surface area contributed by atoms with Crippen LogP contribution in [0.4, 0.5) is 0 Å². The van der Waals surface area contributed by atoms with Crippen LogP contribution in [-0.2, 0) is 26.5 Å². The van der Waals surface area contributed by atoms with E-state index in [2.05, 4.69) is 18.8 Å². The summed E-state index contributed by atoms with van der Waals surface area (Å²) in [5.41, 5.74) is 0. The molecule has 0 amide bonds. The summed E-state index contributed by atoms with van der Waals surface area (Å²) in [6.45, 7) is 5.77. The van der Waals surface area contributed by atoms with Gasteiger partial charge >= 0.3 is 0 Å². The first-order valence-corrected chi connectivity index (χ1v) is 9.56. The molecule has 0 aliphatic carbocycles. The lowest BCUT2D eigenvalue weighted by molar-refractivity contribution is -0.0799. The highest BCUT2D eigenvalue weighted by Gasteiger charge is 2.50. The summed E-state index contributed by atoms with van der Waals surface area (Å²) < 4.78 is 40.8. The lowest BCUT2D eigenvalue weighted by Gasteiger charge is -2.31. The van der Waals surface area contributed by atoms with Gasteiger partial charge in [-0.25, -0.2) is 13.4 Å². The van der Waals surface area contributed by atoms with Crippen LogP contribution in [0.25, 0.3) is 0 Å². The van der Waals surface area contributed by atoms with Gasteiger partial charge in [0.05, 0.1) is 18.5 Å². The van der Waals surface area contributed by atoms with E-state index in [1.165, 1.54) is 16.8 Å². The van der Waals surface area contributed by atoms with E-state index in [1.807, 2.05) is 0 Å². The zero-order valence-corrected chi connectivity index (χ0v) is 14.7. The number of aromatic nitrogens is 2. The maximum Gasteiger partial charge on any atom is 0.262 e. The molecule has 7 nitrogen and oxygen atoms in total. The fraction of sp³-hybridized carbons (Fsp3) is 0.800. The molecule has 2 fully saturated rings. The van der Waals surface area contributed by atoms with E-state index in [1.54, 1.807) is 11.6 Å². The second kappa shape index (κ2) is 6.51. The van der Waals surface area contributed by atoms with Gasteiger partial charge in [-0.1, -0.05) is 13.8 Å². The highest BCUT2D eigenvalue weighted by Crippen LogP contribution is 2.34. The summed E-state index contributed by atoms with van der Waals surface area (Å²) in [5.74, 6) is 0.401. The fourth-order valence-corrected chi connectivity index (χ4v) is 4.89. The Morgan fingerprint density at radius 3 is 2.91 bits per heavy atom. The van der Waals surface area contributed by atoms with Crippen molar-refractivity contribution in [3.63, 3.8) is 0 Å². The highest BCUT2D eigenvalue weighted by atomic mass is 32.2. The van der Waals surface area contributed by atoms with Crippen molar-refractivity contribution in [2.45, 2.75) is 50.0 Å². The molecule has 0 spiro atoms. The van der Waals surface area contributed by atoms with Crippen molar-refractivity contribution in [1.29, 1.82) is 0 Å². The van der Waals surface area contributed by atoms with Crippen LogP contribution in [0, 0.1) is 5.92 Å². The monoisotopic (exact) mass is 343 g/mol. The molecule has 2 aliphatic heterocycles. The van der Waals surface area contributed by atoms with Gasteiger partial charge in [0.25, 0.3) is 10.0 Å². The first kappa shape index (κ1) is 16.9. The molecule has 3 rings (SSSR count). The molecule has 23 heavy (non-hydrogen) atoms. The van der Waals surface area contributed by atoms with Crippen molar-refractivity contribution in [3.05, 3.63) is 12.5 Å². The molecule has 130 valence electrons. The van der Waals surface area contributed by atoms with Crippen LogP contribution < -0.4 is 0 Å². The number of sulfonamides is 1. The number of imidazole rings is 1. The zero-order valence-electron chi connectivity index (χ0n) is 13.9. The second-order valence-corrected chi connectivity index (χ2v) is 8.60. The maximum atomic E-state index is 12.9. The molecule has 1 aromatic rings. The minimum atomic E-state index is -3.62. The molecule has 8 heteroatoms. The van der Waals surface area contributed by atoms with Crippen LogP contribution >= 0.6 is 0 Å². The van der Waals surface area contributed by atoms with Crippen molar-refractivity contribution in [2.75, 3.05) is 19.8 Å². The van der Waals surface area contributed by atoms with Crippen molar-refractivity contribution < 1.29 is 17.9 Å².